The molecule has 4 N–H and O–H groups in total. The van der Waals surface area contributed by atoms with E-state index in [1.165, 1.54) is 39.4 Å². The molecule has 1 aromatic carbocycles. The number of thioether (sulfide) groups is 1. The maximum Gasteiger partial charge on any atom is 0.222 e. The second kappa shape index (κ2) is 8.97. The summed E-state index contributed by atoms with van der Waals surface area (Å²) in [6.45, 7) is -0.454. The van der Waals surface area contributed by atoms with Crippen LogP contribution in [0.5, 0.6) is 5.88 Å². The third-order valence-corrected chi connectivity index (χ3v) is 7.26. The number of aliphatic hydroxyl groups excluding tert-OH is 3. The van der Waals surface area contributed by atoms with E-state index in [1.807, 2.05) is 0 Å². The fraction of sp³-hybridized carbons (Fsp3) is 0.353. The molecule has 3 unspecified atom stereocenters. The van der Waals surface area contributed by atoms with Gasteiger partial charge in [0, 0.05) is 4.90 Å². The standard InChI is InChI=1S/C17H16Cl2N4O5S2/c18-8-2-1-7(3-9(8)19)30-17-15(27)13(14(26)11(5-24)28-17)23-4-10(21-22-23)16-20-12(25)6-29-16/h1-4,6,11,13-15,17,24-27H,5H2/t11?,13?,14-,15?,17+/m0/s1. The summed E-state index contributed by atoms with van der Waals surface area (Å²) in [6, 6.07) is 4.06. The van der Waals surface area contributed by atoms with Crippen molar-refractivity contribution in [3.8, 4) is 16.6 Å². The molecule has 0 radical (unpaired) electrons. The first-order valence-electron chi connectivity index (χ1n) is 8.68. The average Bonchev–Trinajstić information content (AvgIpc) is 3.36. The number of halogens is 2. The number of aromatic hydroxyl groups is 1. The maximum absolute atomic E-state index is 10.9. The molecular weight excluding hydrogens is 475 g/mol. The van der Waals surface area contributed by atoms with E-state index in [0.29, 0.717) is 25.6 Å². The normalized spacial score (nSPS) is 26.8. The summed E-state index contributed by atoms with van der Waals surface area (Å²) in [5.41, 5.74) is -0.454. The summed E-state index contributed by atoms with van der Waals surface area (Å²) in [6.07, 6.45) is -1.87. The van der Waals surface area contributed by atoms with E-state index in [9.17, 15) is 20.4 Å². The van der Waals surface area contributed by atoms with Crippen molar-refractivity contribution in [3.63, 3.8) is 0 Å². The van der Waals surface area contributed by atoms with Crippen molar-refractivity contribution in [2.24, 2.45) is 0 Å². The number of benzene rings is 1. The zero-order valence-corrected chi connectivity index (χ0v) is 18.2. The monoisotopic (exact) mass is 490 g/mol. The van der Waals surface area contributed by atoms with Crippen molar-refractivity contribution in [2.45, 2.75) is 34.7 Å². The first-order valence-corrected chi connectivity index (χ1v) is 11.2. The van der Waals surface area contributed by atoms with Crippen LogP contribution in [-0.2, 0) is 4.74 Å². The fourth-order valence-electron chi connectivity index (χ4n) is 3.07. The number of rotatable bonds is 5. The Morgan fingerprint density at radius 3 is 2.67 bits per heavy atom. The smallest absolute Gasteiger partial charge is 0.222 e. The first-order chi connectivity index (χ1) is 14.4. The van der Waals surface area contributed by atoms with Gasteiger partial charge in [0.25, 0.3) is 0 Å². The highest BCUT2D eigenvalue weighted by Gasteiger charge is 2.46. The van der Waals surface area contributed by atoms with E-state index in [0.717, 1.165) is 0 Å². The molecule has 1 fully saturated rings. The molecule has 30 heavy (non-hydrogen) atoms. The lowest BCUT2D eigenvalue weighted by Crippen LogP contribution is -2.55. The lowest BCUT2D eigenvalue weighted by molar-refractivity contribution is -0.178. The van der Waals surface area contributed by atoms with Gasteiger partial charge >= 0.3 is 0 Å². The number of hydrogen-bond acceptors (Lipinski definition) is 10. The molecule has 0 aliphatic carbocycles. The van der Waals surface area contributed by atoms with Gasteiger partial charge in [-0.3, -0.25) is 0 Å². The molecule has 4 rings (SSSR count). The molecule has 2 aromatic heterocycles. The third kappa shape index (κ3) is 4.30. The van der Waals surface area contributed by atoms with Crippen LogP contribution in [0.1, 0.15) is 6.04 Å². The van der Waals surface area contributed by atoms with Crippen LogP contribution >= 0.6 is 46.3 Å². The molecule has 1 aliphatic heterocycles. The molecule has 9 nitrogen and oxygen atoms in total. The Bertz CT molecular complexity index is 1040. The van der Waals surface area contributed by atoms with Crippen molar-refractivity contribution in [1.82, 2.24) is 20.0 Å². The van der Waals surface area contributed by atoms with E-state index in [-0.39, 0.29) is 5.88 Å². The van der Waals surface area contributed by atoms with E-state index in [2.05, 4.69) is 15.3 Å². The minimum absolute atomic E-state index is 0.130. The SMILES string of the molecule is OCC1O[C@H](Sc2ccc(Cl)c(Cl)c2)C(O)C(n2cc(-c3nc(O)cs3)nn2)[C@H]1O. The topological polar surface area (TPSA) is 134 Å². The Kier molecular flexibility index (Phi) is 6.51. The summed E-state index contributed by atoms with van der Waals surface area (Å²) in [7, 11) is 0. The van der Waals surface area contributed by atoms with Gasteiger partial charge in [0.15, 0.2) is 0 Å². The average molecular weight is 491 g/mol. The number of thiazole rings is 1. The van der Waals surface area contributed by atoms with Gasteiger partial charge in [-0.15, -0.1) is 16.4 Å². The van der Waals surface area contributed by atoms with Gasteiger partial charge in [0.2, 0.25) is 5.88 Å². The Balaban J connectivity index is 1.61. The van der Waals surface area contributed by atoms with Crippen LogP contribution in [0.2, 0.25) is 10.0 Å². The van der Waals surface area contributed by atoms with Gasteiger partial charge < -0.3 is 25.2 Å². The van der Waals surface area contributed by atoms with Crippen molar-refractivity contribution in [3.05, 3.63) is 39.8 Å². The van der Waals surface area contributed by atoms with Crippen LogP contribution in [-0.4, -0.2) is 70.8 Å². The van der Waals surface area contributed by atoms with Crippen molar-refractivity contribution < 1.29 is 25.2 Å². The molecule has 0 amide bonds. The van der Waals surface area contributed by atoms with E-state index in [1.54, 1.807) is 18.2 Å². The number of nitrogens with zero attached hydrogens (tertiary/aromatic N) is 4. The molecule has 5 atom stereocenters. The predicted octanol–water partition coefficient (Wildman–Crippen LogP) is 2.19. The molecule has 1 aliphatic rings. The summed E-state index contributed by atoms with van der Waals surface area (Å²) in [5.74, 6) is -0.130. The predicted molar refractivity (Wildman–Crippen MR) is 112 cm³/mol. The zero-order valence-electron chi connectivity index (χ0n) is 15.0. The number of aromatic nitrogens is 4. The van der Waals surface area contributed by atoms with Crippen LogP contribution in [0.25, 0.3) is 10.7 Å². The Morgan fingerprint density at radius 2 is 2.00 bits per heavy atom. The molecule has 1 saturated heterocycles. The van der Waals surface area contributed by atoms with Crippen molar-refractivity contribution in [2.75, 3.05) is 6.61 Å². The Labute approximate surface area is 188 Å². The summed E-state index contributed by atoms with van der Waals surface area (Å²) >= 11 is 14.4. The molecule has 160 valence electrons. The Morgan fingerprint density at radius 1 is 1.20 bits per heavy atom. The van der Waals surface area contributed by atoms with Crippen LogP contribution in [0.15, 0.2) is 34.7 Å². The highest BCUT2D eigenvalue weighted by atomic mass is 35.5. The lowest BCUT2D eigenvalue weighted by atomic mass is 9.97. The van der Waals surface area contributed by atoms with Gasteiger partial charge in [-0.25, -0.2) is 9.67 Å². The van der Waals surface area contributed by atoms with Crippen molar-refractivity contribution in [1.29, 1.82) is 0 Å². The zero-order chi connectivity index (χ0) is 21.4. The van der Waals surface area contributed by atoms with Crippen LogP contribution in [0, 0.1) is 0 Å². The van der Waals surface area contributed by atoms with Gasteiger partial charge in [0.1, 0.15) is 40.5 Å². The maximum atomic E-state index is 10.9. The largest absolute Gasteiger partial charge is 0.493 e. The third-order valence-electron chi connectivity index (χ3n) is 4.52. The Hall–Kier alpha value is -1.44. The van der Waals surface area contributed by atoms with E-state index >= 15 is 0 Å². The number of ether oxygens (including phenoxy) is 1. The van der Waals surface area contributed by atoms with Gasteiger partial charge in [-0.1, -0.05) is 40.2 Å². The second-order valence-corrected chi connectivity index (χ2v) is 9.33. The minimum atomic E-state index is -1.24. The summed E-state index contributed by atoms with van der Waals surface area (Å²) in [4.78, 5) is 4.63. The highest BCUT2D eigenvalue weighted by Crippen LogP contribution is 2.39. The molecule has 3 heterocycles. The van der Waals surface area contributed by atoms with Gasteiger partial charge in [0.05, 0.1) is 28.2 Å². The van der Waals surface area contributed by atoms with Crippen LogP contribution in [0.3, 0.4) is 0 Å². The van der Waals surface area contributed by atoms with E-state index < -0.39 is 36.4 Å². The van der Waals surface area contributed by atoms with Gasteiger partial charge in [-0.2, -0.15) is 0 Å². The first kappa shape index (κ1) is 21.8. The quantitative estimate of drug-likeness (QED) is 0.424. The van der Waals surface area contributed by atoms with E-state index in [4.69, 9.17) is 27.9 Å². The molecule has 13 heteroatoms. The molecule has 0 bridgehead atoms. The highest BCUT2D eigenvalue weighted by molar-refractivity contribution is 7.99. The minimum Gasteiger partial charge on any atom is -0.493 e. The molecule has 0 saturated carbocycles. The van der Waals surface area contributed by atoms with Crippen LogP contribution in [0.4, 0.5) is 0 Å². The molecular formula is C17H16Cl2N4O5S2. The summed E-state index contributed by atoms with van der Waals surface area (Å²) in [5, 5.41) is 51.4. The molecule has 0 spiro atoms. The van der Waals surface area contributed by atoms with Crippen LogP contribution < -0.4 is 0 Å². The summed E-state index contributed by atoms with van der Waals surface area (Å²) < 4.78 is 7.03. The lowest BCUT2D eigenvalue weighted by Gasteiger charge is -2.41. The second-order valence-electron chi connectivity index (χ2n) is 6.49. The number of hydrogen-bond donors (Lipinski definition) is 4. The fourth-order valence-corrected chi connectivity index (χ4v) is 5.16. The van der Waals surface area contributed by atoms with Crippen molar-refractivity contribution >= 4 is 46.3 Å². The molecule has 3 aromatic rings. The number of aliphatic hydroxyl groups is 3. The van der Waals surface area contributed by atoms with Gasteiger partial charge in [-0.05, 0) is 18.2 Å².